The summed E-state index contributed by atoms with van der Waals surface area (Å²) in [7, 11) is 0. The Morgan fingerprint density at radius 3 is 2.67 bits per heavy atom. The van der Waals surface area contributed by atoms with Crippen LogP contribution in [0.4, 0.5) is 0 Å². The first-order chi connectivity index (χ1) is 9.90. The lowest BCUT2D eigenvalue weighted by molar-refractivity contribution is -0.161. The molecule has 3 aliphatic heterocycles. The van der Waals surface area contributed by atoms with Crippen molar-refractivity contribution in [3.63, 3.8) is 0 Å². The number of β-lactam (4-membered cyclic amide) rings is 1. The van der Waals surface area contributed by atoms with Crippen LogP contribution in [0, 0.1) is 5.92 Å². The third-order valence-corrected chi connectivity index (χ3v) is 5.45. The summed E-state index contributed by atoms with van der Waals surface area (Å²) < 4.78 is 0. The Labute approximate surface area is 125 Å². The van der Waals surface area contributed by atoms with Crippen molar-refractivity contribution < 1.29 is 24.6 Å². The summed E-state index contributed by atoms with van der Waals surface area (Å²) in [5, 5.41) is 21.7. The number of fused-ring (bicyclic) bond motifs is 1. The maximum absolute atomic E-state index is 12.0. The van der Waals surface area contributed by atoms with Gasteiger partial charge in [0.2, 0.25) is 11.8 Å². The molecule has 0 unspecified atom stereocenters. The fourth-order valence-corrected chi connectivity index (χ4v) is 4.57. The minimum atomic E-state index is -1.13. The Morgan fingerprint density at radius 2 is 2.14 bits per heavy atom. The number of hydrogen-bond acceptors (Lipinski definition) is 5. The van der Waals surface area contributed by atoms with Gasteiger partial charge in [0.1, 0.15) is 5.70 Å². The Hall–Kier alpha value is -1.54. The van der Waals surface area contributed by atoms with Crippen molar-refractivity contribution in [2.75, 3.05) is 6.54 Å². The highest BCUT2D eigenvalue weighted by molar-refractivity contribution is 8.03. The lowest BCUT2D eigenvalue weighted by Crippen LogP contribution is -2.61. The van der Waals surface area contributed by atoms with Gasteiger partial charge in [-0.15, -0.1) is 11.8 Å². The highest BCUT2D eigenvalue weighted by Gasteiger charge is 2.57. The summed E-state index contributed by atoms with van der Waals surface area (Å²) in [5.41, 5.74) is 0.0197. The van der Waals surface area contributed by atoms with Crippen LogP contribution in [-0.2, 0) is 14.4 Å². The van der Waals surface area contributed by atoms with E-state index in [0.717, 1.165) is 0 Å². The SMILES string of the molecule is C[C@@H](O)[C@H]1C(=O)N2C(C(=O)O)=C(S[C@H]3CNC(=O)C3)C[C@H]12. The monoisotopic (exact) mass is 312 g/mol. The molecule has 2 amide bonds. The highest BCUT2D eigenvalue weighted by Crippen LogP contribution is 2.48. The van der Waals surface area contributed by atoms with E-state index in [-0.39, 0.29) is 28.8 Å². The number of amides is 2. The van der Waals surface area contributed by atoms with Crippen LogP contribution in [0.1, 0.15) is 19.8 Å². The fourth-order valence-electron chi connectivity index (χ4n) is 3.20. The predicted molar refractivity (Wildman–Crippen MR) is 74.1 cm³/mol. The zero-order valence-electron chi connectivity index (χ0n) is 11.4. The smallest absolute Gasteiger partial charge is 0.353 e. The van der Waals surface area contributed by atoms with Crippen LogP contribution in [-0.4, -0.2) is 56.8 Å². The van der Waals surface area contributed by atoms with E-state index < -0.39 is 18.0 Å². The maximum Gasteiger partial charge on any atom is 0.353 e. The molecule has 3 aliphatic rings. The van der Waals surface area contributed by atoms with Crippen LogP contribution in [0.3, 0.4) is 0 Å². The van der Waals surface area contributed by atoms with Gasteiger partial charge in [0.15, 0.2) is 0 Å². The van der Waals surface area contributed by atoms with Crippen molar-refractivity contribution in [1.29, 1.82) is 0 Å². The van der Waals surface area contributed by atoms with Gasteiger partial charge in [0, 0.05) is 29.5 Å². The first-order valence-corrected chi connectivity index (χ1v) is 7.69. The molecule has 0 saturated carbocycles. The summed E-state index contributed by atoms with van der Waals surface area (Å²) in [5.74, 6) is -2.02. The molecule has 7 nitrogen and oxygen atoms in total. The second-order valence-electron chi connectivity index (χ2n) is 5.57. The predicted octanol–water partition coefficient (Wildman–Crippen LogP) is -0.484. The van der Waals surface area contributed by atoms with E-state index in [1.165, 1.54) is 16.7 Å². The molecule has 0 radical (unpaired) electrons. The summed E-state index contributed by atoms with van der Waals surface area (Å²) in [6.45, 7) is 2.06. The number of nitrogens with zero attached hydrogens (tertiary/aromatic N) is 1. The molecule has 114 valence electrons. The molecule has 2 saturated heterocycles. The Kier molecular flexibility index (Phi) is 3.45. The van der Waals surface area contributed by atoms with Gasteiger partial charge in [-0.05, 0) is 6.92 Å². The number of aliphatic carboxylic acids is 1. The number of nitrogens with one attached hydrogen (secondary N) is 1. The maximum atomic E-state index is 12.0. The van der Waals surface area contributed by atoms with Gasteiger partial charge in [-0.2, -0.15) is 0 Å². The molecule has 0 aromatic rings. The molecule has 3 N–H and O–H groups in total. The number of hydrogen-bond donors (Lipinski definition) is 3. The van der Waals surface area contributed by atoms with Gasteiger partial charge in [0.25, 0.3) is 0 Å². The standard InChI is InChI=1S/C13H16N2O5S/c1-5(16)10-7-3-8(21-6-2-9(17)14-4-6)11(13(19)20)15(7)12(10)18/h5-7,10,16H,2-4H2,1H3,(H,14,17)(H,19,20)/t5-,6-,7-,10-/m1/s1. The van der Waals surface area contributed by atoms with Gasteiger partial charge in [-0.25, -0.2) is 4.79 Å². The summed E-state index contributed by atoms with van der Waals surface area (Å²) in [6.07, 6.45) is 0.0190. The van der Waals surface area contributed by atoms with E-state index in [2.05, 4.69) is 5.32 Å². The highest BCUT2D eigenvalue weighted by atomic mass is 32.2. The van der Waals surface area contributed by atoms with Crippen LogP contribution in [0.15, 0.2) is 10.6 Å². The summed E-state index contributed by atoms with van der Waals surface area (Å²) in [4.78, 5) is 36.6. The van der Waals surface area contributed by atoms with Crippen LogP contribution >= 0.6 is 11.8 Å². The second kappa shape index (κ2) is 5.03. The number of carbonyl (C=O) groups excluding carboxylic acids is 2. The van der Waals surface area contributed by atoms with E-state index in [1.54, 1.807) is 6.92 Å². The van der Waals surface area contributed by atoms with Crippen LogP contribution < -0.4 is 5.32 Å². The average Bonchev–Trinajstić information content (AvgIpc) is 2.91. The second-order valence-corrected chi connectivity index (χ2v) is 6.97. The van der Waals surface area contributed by atoms with Gasteiger partial charge in [-0.1, -0.05) is 0 Å². The minimum Gasteiger partial charge on any atom is -0.477 e. The van der Waals surface area contributed by atoms with E-state index >= 15 is 0 Å². The summed E-state index contributed by atoms with van der Waals surface area (Å²) in [6, 6.07) is -0.267. The largest absolute Gasteiger partial charge is 0.477 e. The van der Waals surface area contributed by atoms with Gasteiger partial charge in [0.05, 0.1) is 18.1 Å². The molecule has 3 rings (SSSR count). The van der Waals surface area contributed by atoms with E-state index in [9.17, 15) is 24.6 Å². The third kappa shape index (κ3) is 2.22. The molecule has 0 aromatic heterocycles. The molecule has 4 atom stereocenters. The number of carboxylic acid groups (broad SMARTS) is 1. The molecular weight excluding hydrogens is 296 g/mol. The normalized spacial score (nSPS) is 32.9. The Bertz CT molecular complexity index is 559. The zero-order valence-corrected chi connectivity index (χ0v) is 12.2. The van der Waals surface area contributed by atoms with E-state index in [1.807, 2.05) is 0 Å². The van der Waals surface area contributed by atoms with Crippen LogP contribution in [0.25, 0.3) is 0 Å². The molecule has 0 aromatic carbocycles. The topological polar surface area (TPSA) is 107 Å². The van der Waals surface area contributed by atoms with Crippen molar-refractivity contribution in [2.24, 2.45) is 5.92 Å². The number of rotatable bonds is 4. The van der Waals surface area contributed by atoms with Gasteiger partial charge >= 0.3 is 5.97 Å². The van der Waals surface area contributed by atoms with Crippen LogP contribution in [0.5, 0.6) is 0 Å². The third-order valence-electron chi connectivity index (χ3n) is 4.14. The fraction of sp³-hybridized carbons (Fsp3) is 0.615. The molecule has 0 aliphatic carbocycles. The van der Waals surface area contributed by atoms with Crippen molar-refractivity contribution in [1.82, 2.24) is 10.2 Å². The zero-order chi connectivity index (χ0) is 15.3. The van der Waals surface area contributed by atoms with Crippen molar-refractivity contribution in [2.45, 2.75) is 37.2 Å². The van der Waals surface area contributed by atoms with Crippen LogP contribution in [0.2, 0.25) is 0 Å². The van der Waals surface area contributed by atoms with E-state index in [4.69, 9.17) is 0 Å². The van der Waals surface area contributed by atoms with Crippen molar-refractivity contribution >= 4 is 29.5 Å². The molecule has 2 fully saturated rings. The molecular formula is C13H16N2O5S. The average molecular weight is 312 g/mol. The van der Waals surface area contributed by atoms with Gasteiger partial charge < -0.3 is 20.4 Å². The quantitative estimate of drug-likeness (QED) is 0.605. The minimum absolute atomic E-state index is 0.000604. The lowest BCUT2D eigenvalue weighted by Gasteiger charge is -2.44. The molecule has 3 heterocycles. The number of thioether (sulfide) groups is 1. The molecule has 0 spiro atoms. The first-order valence-electron chi connectivity index (χ1n) is 6.81. The molecule has 8 heteroatoms. The Morgan fingerprint density at radius 1 is 1.43 bits per heavy atom. The number of carboxylic acids is 1. The van der Waals surface area contributed by atoms with E-state index in [0.29, 0.717) is 24.3 Å². The van der Waals surface area contributed by atoms with Gasteiger partial charge in [-0.3, -0.25) is 9.59 Å². The Balaban J connectivity index is 1.81. The molecule has 0 bridgehead atoms. The number of aliphatic hydroxyl groups excluding tert-OH is 1. The van der Waals surface area contributed by atoms with Crippen molar-refractivity contribution in [3.8, 4) is 0 Å². The number of carbonyl (C=O) groups is 3. The summed E-state index contributed by atoms with van der Waals surface area (Å²) >= 11 is 1.36. The van der Waals surface area contributed by atoms with Crippen molar-refractivity contribution in [3.05, 3.63) is 10.6 Å². The molecule has 21 heavy (non-hydrogen) atoms. The first kappa shape index (κ1) is 14.4. The number of aliphatic hydroxyl groups is 1. The lowest BCUT2D eigenvalue weighted by atomic mass is 9.83.